The third kappa shape index (κ3) is 4.36. The Morgan fingerprint density at radius 3 is 2.15 bits per heavy atom. The number of amides is 1. The lowest BCUT2D eigenvalue weighted by molar-refractivity contribution is -0.115. The van der Waals surface area contributed by atoms with Crippen LogP contribution in [0.4, 0.5) is 6.01 Å². The number of aryl methyl sites for hydroxylation is 4. The van der Waals surface area contributed by atoms with E-state index in [1.54, 1.807) is 0 Å². The van der Waals surface area contributed by atoms with E-state index in [9.17, 15) is 4.79 Å². The molecule has 0 bridgehead atoms. The van der Waals surface area contributed by atoms with Gasteiger partial charge in [-0.05, 0) is 61.1 Å². The van der Waals surface area contributed by atoms with Gasteiger partial charge < -0.3 is 4.42 Å². The van der Waals surface area contributed by atoms with Gasteiger partial charge in [0, 0.05) is 0 Å². The molecule has 0 aliphatic heterocycles. The fourth-order valence-electron chi connectivity index (χ4n) is 2.73. The number of anilines is 1. The van der Waals surface area contributed by atoms with Crippen molar-refractivity contribution in [1.29, 1.82) is 0 Å². The van der Waals surface area contributed by atoms with Gasteiger partial charge in [0.25, 0.3) is 0 Å². The molecule has 1 N–H and O–H groups in total. The molecule has 0 saturated carbocycles. The van der Waals surface area contributed by atoms with E-state index in [4.69, 9.17) is 4.42 Å². The normalized spacial score (nSPS) is 10.8. The number of rotatable bonds is 5. The second kappa shape index (κ2) is 7.52. The Morgan fingerprint density at radius 1 is 0.885 bits per heavy atom. The molecule has 3 aromatic rings. The maximum Gasteiger partial charge on any atom is 0.322 e. The van der Waals surface area contributed by atoms with Crippen LogP contribution < -0.4 is 5.32 Å². The molecule has 134 valence electrons. The molecule has 2 aromatic carbocycles. The van der Waals surface area contributed by atoms with Crippen LogP contribution in [0.1, 0.15) is 39.3 Å². The maximum atomic E-state index is 12.2. The van der Waals surface area contributed by atoms with Crippen LogP contribution in [0, 0.1) is 27.7 Å². The Balaban J connectivity index is 1.61. The van der Waals surface area contributed by atoms with Crippen LogP contribution in [0.15, 0.2) is 40.8 Å². The molecular formula is C21H23N3O2. The lowest BCUT2D eigenvalue weighted by Crippen LogP contribution is -2.14. The summed E-state index contributed by atoms with van der Waals surface area (Å²) in [4.78, 5) is 12.2. The average molecular weight is 349 g/mol. The van der Waals surface area contributed by atoms with Gasteiger partial charge >= 0.3 is 6.01 Å². The molecule has 0 saturated heterocycles. The summed E-state index contributed by atoms with van der Waals surface area (Å²) in [6, 6.07) is 12.4. The molecule has 0 radical (unpaired) electrons. The monoisotopic (exact) mass is 349 g/mol. The summed E-state index contributed by atoms with van der Waals surface area (Å²) in [5.41, 5.74) is 6.92. The predicted molar refractivity (Wildman–Crippen MR) is 101 cm³/mol. The summed E-state index contributed by atoms with van der Waals surface area (Å²) in [5.74, 6) is 0.310. The molecule has 3 rings (SSSR count). The third-order valence-corrected chi connectivity index (χ3v) is 4.58. The van der Waals surface area contributed by atoms with Gasteiger partial charge in [0.05, 0.1) is 12.8 Å². The number of nitrogens with one attached hydrogen (secondary N) is 1. The van der Waals surface area contributed by atoms with Crippen molar-refractivity contribution < 1.29 is 9.21 Å². The molecule has 0 aliphatic carbocycles. The van der Waals surface area contributed by atoms with Crippen LogP contribution in [0.2, 0.25) is 0 Å². The van der Waals surface area contributed by atoms with Crippen LogP contribution in [-0.2, 0) is 17.6 Å². The highest BCUT2D eigenvalue weighted by Gasteiger charge is 2.11. The van der Waals surface area contributed by atoms with Crippen LogP contribution in [-0.4, -0.2) is 16.1 Å². The van der Waals surface area contributed by atoms with E-state index in [1.165, 1.54) is 22.3 Å². The van der Waals surface area contributed by atoms with E-state index < -0.39 is 0 Å². The zero-order chi connectivity index (χ0) is 18.7. The number of nitrogens with zero attached hydrogens (tertiary/aromatic N) is 2. The molecular weight excluding hydrogens is 326 g/mol. The first-order valence-electron chi connectivity index (χ1n) is 8.65. The fourth-order valence-corrected chi connectivity index (χ4v) is 2.73. The van der Waals surface area contributed by atoms with Crippen molar-refractivity contribution in [3.63, 3.8) is 0 Å². The summed E-state index contributed by atoms with van der Waals surface area (Å²) >= 11 is 0. The second-order valence-electron chi connectivity index (χ2n) is 6.74. The Morgan fingerprint density at radius 2 is 1.50 bits per heavy atom. The summed E-state index contributed by atoms with van der Waals surface area (Å²) in [6.45, 7) is 8.24. The standard InChI is InChI=1S/C21H23N3O2/c1-13-5-7-17(9-15(13)3)11-19(25)22-21-24-23-20(26-21)12-18-8-6-14(2)16(4)10-18/h5-10H,11-12H2,1-4H3,(H,22,24,25). The van der Waals surface area contributed by atoms with Crippen LogP contribution in [0.3, 0.4) is 0 Å². The van der Waals surface area contributed by atoms with E-state index in [-0.39, 0.29) is 18.3 Å². The van der Waals surface area contributed by atoms with E-state index >= 15 is 0 Å². The maximum absolute atomic E-state index is 12.2. The van der Waals surface area contributed by atoms with Crippen LogP contribution >= 0.6 is 0 Å². The van der Waals surface area contributed by atoms with Crippen molar-refractivity contribution in [3.05, 3.63) is 75.7 Å². The zero-order valence-corrected chi connectivity index (χ0v) is 15.6. The molecule has 1 heterocycles. The highest BCUT2D eigenvalue weighted by Crippen LogP contribution is 2.16. The molecule has 5 nitrogen and oxygen atoms in total. The molecule has 0 aliphatic rings. The highest BCUT2D eigenvalue weighted by atomic mass is 16.4. The summed E-state index contributed by atoms with van der Waals surface area (Å²) < 4.78 is 5.55. The van der Waals surface area contributed by atoms with Crippen molar-refractivity contribution in [1.82, 2.24) is 10.2 Å². The topological polar surface area (TPSA) is 68.0 Å². The Hall–Kier alpha value is -2.95. The van der Waals surface area contributed by atoms with Gasteiger partial charge in [-0.3, -0.25) is 10.1 Å². The van der Waals surface area contributed by atoms with Crippen molar-refractivity contribution in [3.8, 4) is 0 Å². The molecule has 0 atom stereocenters. The third-order valence-electron chi connectivity index (χ3n) is 4.58. The van der Waals surface area contributed by atoms with Gasteiger partial charge in [0.2, 0.25) is 11.8 Å². The molecule has 1 amide bonds. The Bertz CT molecular complexity index is 944. The van der Waals surface area contributed by atoms with Gasteiger partial charge in [0.1, 0.15) is 0 Å². The minimum atomic E-state index is -0.172. The lowest BCUT2D eigenvalue weighted by Gasteiger charge is -2.05. The molecule has 5 heteroatoms. The van der Waals surface area contributed by atoms with Crippen LogP contribution in [0.5, 0.6) is 0 Å². The van der Waals surface area contributed by atoms with Gasteiger partial charge in [-0.1, -0.05) is 41.5 Å². The van der Waals surface area contributed by atoms with Crippen LogP contribution in [0.25, 0.3) is 0 Å². The SMILES string of the molecule is Cc1ccc(CC(=O)Nc2nnc(Cc3ccc(C)c(C)c3)o2)cc1C. The Labute approximate surface area is 153 Å². The summed E-state index contributed by atoms with van der Waals surface area (Å²) in [7, 11) is 0. The summed E-state index contributed by atoms with van der Waals surface area (Å²) in [6.07, 6.45) is 0.817. The molecule has 26 heavy (non-hydrogen) atoms. The largest absolute Gasteiger partial charge is 0.407 e. The number of carbonyl (C=O) groups is 1. The molecule has 0 fully saturated rings. The van der Waals surface area contributed by atoms with Crippen molar-refractivity contribution in [2.45, 2.75) is 40.5 Å². The number of carbonyl (C=O) groups excluding carboxylic acids is 1. The van der Waals surface area contributed by atoms with Crippen molar-refractivity contribution in [2.24, 2.45) is 0 Å². The quantitative estimate of drug-likeness (QED) is 0.754. The first-order chi connectivity index (χ1) is 12.4. The number of hydrogen-bond acceptors (Lipinski definition) is 4. The number of aromatic nitrogens is 2. The van der Waals surface area contributed by atoms with Gasteiger partial charge in [-0.15, -0.1) is 5.10 Å². The fraction of sp³-hybridized carbons (Fsp3) is 0.286. The van der Waals surface area contributed by atoms with E-state index in [2.05, 4.69) is 48.4 Å². The minimum absolute atomic E-state index is 0.137. The van der Waals surface area contributed by atoms with Crippen molar-refractivity contribution >= 4 is 11.9 Å². The second-order valence-corrected chi connectivity index (χ2v) is 6.74. The minimum Gasteiger partial charge on any atom is -0.407 e. The average Bonchev–Trinajstić information content (AvgIpc) is 3.01. The van der Waals surface area contributed by atoms with E-state index in [1.807, 2.05) is 31.2 Å². The smallest absolute Gasteiger partial charge is 0.322 e. The predicted octanol–water partition coefficient (Wildman–Crippen LogP) is 4.08. The zero-order valence-electron chi connectivity index (χ0n) is 15.6. The van der Waals surface area contributed by atoms with E-state index in [0.29, 0.717) is 12.3 Å². The molecule has 0 spiro atoms. The first kappa shape index (κ1) is 17.9. The van der Waals surface area contributed by atoms with Gasteiger partial charge in [0.15, 0.2) is 0 Å². The van der Waals surface area contributed by atoms with E-state index in [0.717, 1.165) is 11.1 Å². The first-order valence-corrected chi connectivity index (χ1v) is 8.65. The highest BCUT2D eigenvalue weighted by molar-refractivity contribution is 5.90. The lowest BCUT2D eigenvalue weighted by atomic mass is 10.0. The van der Waals surface area contributed by atoms with Crippen molar-refractivity contribution in [2.75, 3.05) is 5.32 Å². The Kier molecular flexibility index (Phi) is 5.16. The summed E-state index contributed by atoms with van der Waals surface area (Å²) in [5, 5.41) is 10.6. The van der Waals surface area contributed by atoms with Gasteiger partial charge in [-0.25, -0.2) is 0 Å². The number of hydrogen-bond donors (Lipinski definition) is 1. The molecule has 1 aromatic heterocycles. The number of benzene rings is 2. The van der Waals surface area contributed by atoms with Gasteiger partial charge in [-0.2, -0.15) is 0 Å². The molecule has 0 unspecified atom stereocenters.